The fourth-order valence-electron chi connectivity index (χ4n) is 11.8. The standard InChI is InChI=1S/C101H164O16P2/c1-4-7-10-13-16-19-22-25-28-31-34-37-40-43-46-47-50-52-54-57-60-63-66-69-72-75-78-81-84-87-99(104)111-90-96(102)91-113-118(107,108)114-92-97(103)93-115-119(109,110)116-95-98(117-101(106)89-86-83-80-77-74-71-68-65-62-59-56-53-49-45-42-39-36-33-30-27-24-21-18-15-12-9-6-3)94-112-100(105)88-85-82-79-76-73-70-67-64-61-58-55-51-48-44-41-38-35-32-29-26-23-20-17-14-11-8-5-2/h7-12,16-21,25-30,34-39,43-46,48-50,52,55-56,58-59,96-98,102-103H,4-6,13-15,22-24,31-33,40-42,47,51,53-54,57,60-95H2,1-3H3,(H,107,108)(H,109,110)/b10-7-,11-8-,12-9-,19-16-,20-17-,21-18-,28-25-,29-26-,30-27-,37-34-,38-35-,39-36-,46-43-,48-44-,49-45-,52-50-,58-55-,59-56-. The van der Waals surface area contributed by atoms with Gasteiger partial charge in [0.1, 0.15) is 25.4 Å². The van der Waals surface area contributed by atoms with Crippen molar-refractivity contribution in [3.63, 3.8) is 0 Å². The molecule has 0 aromatic heterocycles. The number of phosphoric acid groups is 2. The molecule has 5 atom stereocenters. The van der Waals surface area contributed by atoms with Crippen LogP contribution < -0.4 is 0 Å². The van der Waals surface area contributed by atoms with Crippen LogP contribution in [0.2, 0.25) is 0 Å². The number of ether oxygens (including phenoxy) is 3. The predicted octanol–water partition coefficient (Wildman–Crippen LogP) is 28.5. The molecule has 0 heterocycles. The molecule has 5 unspecified atom stereocenters. The lowest BCUT2D eigenvalue weighted by Gasteiger charge is -2.21. The Morgan fingerprint density at radius 2 is 0.420 bits per heavy atom. The summed E-state index contributed by atoms with van der Waals surface area (Å²) in [4.78, 5) is 59.1. The van der Waals surface area contributed by atoms with Gasteiger partial charge < -0.3 is 34.2 Å². The summed E-state index contributed by atoms with van der Waals surface area (Å²) in [6.07, 6.45) is 124. The molecular weight excluding hydrogens is 1530 g/mol. The summed E-state index contributed by atoms with van der Waals surface area (Å²) in [5, 5.41) is 20.7. The van der Waals surface area contributed by atoms with E-state index in [1.807, 2.05) is 0 Å². The third-order valence-corrected chi connectivity index (χ3v) is 20.6. The van der Waals surface area contributed by atoms with E-state index in [0.717, 1.165) is 244 Å². The van der Waals surface area contributed by atoms with Crippen LogP contribution in [0.3, 0.4) is 0 Å². The Hall–Kier alpha value is -6.13. The number of unbranched alkanes of at least 4 members (excludes halogenated alkanes) is 26. The number of esters is 3. The maximum Gasteiger partial charge on any atom is 0.472 e. The van der Waals surface area contributed by atoms with E-state index in [9.17, 15) is 43.5 Å². The van der Waals surface area contributed by atoms with E-state index in [4.69, 9.17) is 32.3 Å². The average molecular weight is 1700 g/mol. The maximum atomic E-state index is 13.1. The monoisotopic (exact) mass is 1700 g/mol. The zero-order valence-corrected chi connectivity index (χ0v) is 76.0. The van der Waals surface area contributed by atoms with Crippen molar-refractivity contribution in [2.45, 2.75) is 360 Å². The van der Waals surface area contributed by atoms with Crippen LogP contribution in [0.15, 0.2) is 219 Å². The largest absolute Gasteiger partial charge is 0.472 e. The van der Waals surface area contributed by atoms with E-state index in [1.54, 1.807) is 0 Å². The lowest BCUT2D eigenvalue weighted by Crippen LogP contribution is -2.30. The number of aliphatic hydroxyl groups excluding tert-OH is 2. The Balaban J connectivity index is 4.72. The van der Waals surface area contributed by atoms with Gasteiger partial charge in [0.05, 0.1) is 26.4 Å². The molecule has 16 nitrogen and oxygen atoms in total. The van der Waals surface area contributed by atoms with E-state index in [1.165, 1.54) is 38.5 Å². The van der Waals surface area contributed by atoms with Crippen molar-refractivity contribution < 1.29 is 75.8 Å². The van der Waals surface area contributed by atoms with Gasteiger partial charge in [0.2, 0.25) is 0 Å². The van der Waals surface area contributed by atoms with Crippen LogP contribution in [0, 0.1) is 0 Å². The van der Waals surface area contributed by atoms with Crippen molar-refractivity contribution in [3.8, 4) is 0 Å². The highest BCUT2D eigenvalue weighted by Crippen LogP contribution is 2.45. The minimum atomic E-state index is -4.96. The minimum absolute atomic E-state index is 0.0834. The molecule has 0 saturated carbocycles. The Kier molecular flexibility index (Phi) is 86.4. The van der Waals surface area contributed by atoms with Crippen molar-refractivity contribution >= 4 is 33.6 Å². The van der Waals surface area contributed by atoms with Gasteiger partial charge in [-0.3, -0.25) is 32.5 Å². The number of hydrogen-bond donors (Lipinski definition) is 4. The van der Waals surface area contributed by atoms with Gasteiger partial charge >= 0.3 is 33.6 Å². The summed E-state index contributed by atoms with van der Waals surface area (Å²) in [7, 11) is -9.83. The van der Waals surface area contributed by atoms with Crippen LogP contribution in [0.1, 0.15) is 342 Å². The fraction of sp³-hybridized carbons (Fsp3) is 0.614. The first-order valence-electron chi connectivity index (χ1n) is 46.0. The molecule has 0 rings (SSSR count). The summed E-state index contributed by atoms with van der Waals surface area (Å²) < 4.78 is 61.5. The second-order valence-electron chi connectivity index (χ2n) is 30.0. The maximum absolute atomic E-state index is 13.1. The third-order valence-electron chi connectivity index (χ3n) is 18.7. The average Bonchev–Trinajstić information content (AvgIpc) is 0.905. The van der Waals surface area contributed by atoms with Gasteiger partial charge in [0.25, 0.3) is 0 Å². The first-order valence-corrected chi connectivity index (χ1v) is 49.0. The van der Waals surface area contributed by atoms with Crippen LogP contribution >= 0.6 is 15.6 Å². The Labute approximate surface area is 723 Å². The SMILES string of the molecule is CC/C=C\C/C=C\C/C=C\C/C=C\C/C=C\C/C=C\CCCCCCCCCCCCC(=O)OCC(O)COP(=O)(O)OCC(O)COP(=O)(O)OCC(COC(=O)CCCCCCCCCC/C=C\C/C=C\C/C=C\C/C=C\C/C=C\C/C=C\CC)OC(=O)CCCCCCCCCC/C=C\C/C=C\C/C=C\C/C=C\C/C=C\C/C=C\CC. The number of carbonyl (C=O) groups excluding carboxylic acids is 3. The summed E-state index contributed by atoms with van der Waals surface area (Å²) >= 11 is 0. The van der Waals surface area contributed by atoms with E-state index < -0.39 is 91.5 Å². The predicted molar refractivity (Wildman–Crippen MR) is 500 cm³/mol. The van der Waals surface area contributed by atoms with E-state index in [2.05, 4.69) is 240 Å². The zero-order chi connectivity index (χ0) is 86.5. The number of aliphatic hydroxyl groups is 2. The number of carbonyl (C=O) groups is 3. The van der Waals surface area contributed by atoms with Gasteiger partial charge in [0, 0.05) is 19.3 Å². The second-order valence-corrected chi connectivity index (χ2v) is 32.9. The molecular formula is C101H164O16P2. The van der Waals surface area contributed by atoms with Crippen molar-refractivity contribution in [1.82, 2.24) is 0 Å². The quantitative estimate of drug-likeness (QED) is 0.0146. The molecule has 0 spiro atoms. The van der Waals surface area contributed by atoms with E-state index >= 15 is 0 Å². The number of hydrogen-bond acceptors (Lipinski definition) is 14. The minimum Gasteiger partial charge on any atom is -0.463 e. The molecule has 18 heteroatoms. The summed E-state index contributed by atoms with van der Waals surface area (Å²) in [5.74, 6) is -1.60. The first-order chi connectivity index (χ1) is 58.2. The second kappa shape index (κ2) is 91.1. The highest BCUT2D eigenvalue weighted by atomic mass is 31.2. The molecule has 119 heavy (non-hydrogen) atoms. The highest BCUT2D eigenvalue weighted by molar-refractivity contribution is 7.47. The molecule has 0 aromatic carbocycles. The van der Waals surface area contributed by atoms with E-state index in [-0.39, 0.29) is 19.3 Å². The number of allylic oxidation sites excluding steroid dienone is 36. The van der Waals surface area contributed by atoms with Gasteiger partial charge in [0.15, 0.2) is 6.10 Å². The highest BCUT2D eigenvalue weighted by Gasteiger charge is 2.29. The molecule has 0 saturated heterocycles. The van der Waals surface area contributed by atoms with Crippen molar-refractivity contribution in [2.75, 3.05) is 39.6 Å². The van der Waals surface area contributed by atoms with Gasteiger partial charge in [-0.1, -0.05) is 368 Å². The number of phosphoric ester groups is 2. The van der Waals surface area contributed by atoms with Gasteiger partial charge in [-0.2, -0.15) is 0 Å². The van der Waals surface area contributed by atoms with Crippen molar-refractivity contribution in [1.29, 1.82) is 0 Å². The van der Waals surface area contributed by atoms with Crippen molar-refractivity contribution in [2.24, 2.45) is 0 Å². The first kappa shape index (κ1) is 113. The smallest absolute Gasteiger partial charge is 0.463 e. The van der Waals surface area contributed by atoms with E-state index in [0.29, 0.717) is 19.3 Å². The van der Waals surface area contributed by atoms with Gasteiger partial charge in [-0.05, 0) is 173 Å². The normalized spacial score (nSPS) is 14.8. The van der Waals surface area contributed by atoms with Crippen LogP contribution in [0.5, 0.6) is 0 Å². The molecule has 0 aliphatic carbocycles. The Bertz CT molecular complexity index is 3040. The zero-order valence-electron chi connectivity index (χ0n) is 74.2. The molecule has 0 amide bonds. The Morgan fingerprint density at radius 1 is 0.235 bits per heavy atom. The topological polar surface area (TPSA) is 231 Å². The molecule has 0 aromatic rings. The summed E-state index contributed by atoms with van der Waals surface area (Å²) in [6.45, 7) is 2.33. The van der Waals surface area contributed by atoms with Gasteiger partial charge in [-0.25, -0.2) is 9.13 Å². The molecule has 674 valence electrons. The molecule has 0 fully saturated rings. The van der Waals surface area contributed by atoms with Crippen LogP contribution in [0.4, 0.5) is 0 Å². The molecule has 0 radical (unpaired) electrons. The summed E-state index contributed by atoms with van der Waals surface area (Å²) in [5.41, 5.74) is 0. The lowest BCUT2D eigenvalue weighted by atomic mass is 10.1. The molecule has 0 bridgehead atoms. The lowest BCUT2D eigenvalue weighted by molar-refractivity contribution is -0.161. The van der Waals surface area contributed by atoms with Crippen LogP contribution in [-0.4, -0.2) is 95.9 Å². The third kappa shape index (κ3) is 92.4. The molecule has 4 N–H and O–H groups in total. The molecule has 0 aliphatic rings. The van der Waals surface area contributed by atoms with Gasteiger partial charge in [-0.15, -0.1) is 0 Å². The Morgan fingerprint density at radius 3 is 0.664 bits per heavy atom. The number of rotatable bonds is 85. The van der Waals surface area contributed by atoms with Crippen LogP contribution in [0.25, 0.3) is 0 Å². The molecule has 0 aliphatic heterocycles. The van der Waals surface area contributed by atoms with Crippen molar-refractivity contribution in [3.05, 3.63) is 219 Å². The summed E-state index contributed by atoms with van der Waals surface area (Å²) in [6, 6.07) is 0. The fourth-order valence-corrected chi connectivity index (χ4v) is 13.4. The van der Waals surface area contributed by atoms with Crippen LogP contribution in [-0.2, 0) is 55.8 Å².